The van der Waals surface area contributed by atoms with Crippen LogP contribution in [0.15, 0.2) is 28.8 Å². The van der Waals surface area contributed by atoms with Crippen molar-refractivity contribution in [2.24, 2.45) is 0 Å². The molecule has 1 aromatic heterocycles. The predicted molar refractivity (Wildman–Crippen MR) is 79.1 cm³/mol. The molecule has 0 bridgehead atoms. The number of aromatic nitrogens is 1. The summed E-state index contributed by atoms with van der Waals surface area (Å²) in [4.78, 5) is 12.2. The van der Waals surface area contributed by atoms with Gasteiger partial charge in [0.05, 0.1) is 5.69 Å². The van der Waals surface area contributed by atoms with E-state index in [1.54, 1.807) is 19.1 Å². The number of halogens is 2. The quantitative estimate of drug-likeness (QED) is 0.909. The molecule has 1 saturated heterocycles. The standard InChI is InChI=1S/C16H17F2N3O2/c1-9-6-15(23-21-9)16(22)20-14-8-19-5-4-11(14)10-2-3-12(17)13(18)7-10/h2-3,6-7,11,14,19H,4-5,8H2,1H3,(H,20,22). The molecular formula is C16H17F2N3O2. The lowest BCUT2D eigenvalue weighted by atomic mass is 9.86. The second-order valence-corrected chi connectivity index (χ2v) is 5.69. The monoisotopic (exact) mass is 321 g/mol. The first-order valence-corrected chi connectivity index (χ1v) is 7.44. The summed E-state index contributed by atoms with van der Waals surface area (Å²) >= 11 is 0. The fourth-order valence-electron chi connectivity index (χ4n) is 2.86. The molecule has 0 aliphatic carbocycles. The highest BCUT2D eigenvalue weighted by Crippen LogP contribution is 2.27. The molecule has 5 nitrogen and oxygen atoms in total. The molecule has 2 atom stereocenters. The van der Waals surface area contributed by atoms with E-state index in [0.29, 0.717) is 24.2 Å². The van der Waals surface area contributed by atoms with Crippen LogP contribution >= 0.6 is 0 Å². The van der Waals surface area contributed by atoms with Gasteiger partial charge in [-0.3, -0.25) is 4.79 Å². The largest absolute Gasteiger partial charge is 0.351 e. The first-order chi connectivity index (χ1) is 11.0. The van der Waals surface area contributed by atoms with E-state index in [0.717, 1.165) is 12.6 Å². The van der Waals surface area contributed by atoms with Crippen LogP contribution in [0.4, 0.5) is 8.78 Å². The number of nitrogens with zero attached hydrogens (tertiary/aromatic N) is 1. The van der Waals surface area contributed by atoms with Crippen LogP contribution in [0.1, 0.15) is 34.2 Å². The number of amides is 1. The van der Waals surface area contributed by atoms with Gasteiger partial charge in [0.2, 0.25) is 5.76 Å². The fourth-order valence-corrected chi connectivity index (χ4v) is 2.86. The molecule has 1 fully saturated rings. The van der Waals surface area contributed by atoms with Gasteiger partial charge in [0.25, 0.3) is 5.91 Å². The molecule has 1 aliphatic rings. The zero-order valence-corrected chi connectivity index (χ0v) is 12.6. The molecule has 122 valence electrons. The molecule has 2 aromatic rings. The number of carbonyl (C=O) groups excluding carboxylic acids is 1. The minimum absolute atomic E-state index is 0.0979. The number of carbonyl (C=O) groups is 1. The topological polar surface area (TPSA) is 67.2 Å². The van der Waals surface area contributed by atoms with Crippen molar-refractivity contribution in [2.45, 2.75) is 25.3 Å². The number of hydrogen-bond donors (Lipinski definition) is 2. The van der Waals surface area contributed by atoms with E-state index in [2.05, 4.69) is 15.8 Å². The molecular weight excluding hydrogens is 304 g/mol. The minimum Gasteiger partial charge on any atom is -0.351 e. The summed E-state index contributed by atoms with van der Waals surface area (Å²) in [6.45, 7) is 3.02. The molecule has 1 amide bonds. The van der Waals surface area contributed by atoms with E-state index in [1.165, 1.54) is 6.07 Å². The molecule has 2 unspecified atom stereocenters. The summed E-state index contributed by atoms with van der Waals surface area (Å²) in [6, 6.07) is 5.19. The number of nitrogens with one attached hydrogen (secondary N) is 2. The lowest BCUT2D eigenvalue weighted by Gasteiger charge is -2.33. The van der Waals surface area contributed by atoms with Gasteiger partial charge in [-0.05, 0) is 37.6 Å². The first kappa shape index (κ1) is 15.6. The van der Waals surface area contributed by atoms with Crippen LogP contribution in [0.3, 0.4) is 0 Å². The predicted octanol–water partition coefficient (Wildman–Crippen LogP) is 2.14. The Kier molecular flexibility index (Phi) is 4.38. The summed E-state index contributed by atoms with van der Waals surface area (Å²) in [7, 11) is 0. The summed E-state index contributed by atoms with van der Waals surface area (Å²) in [6.07, 6.45) is 0.714. The van der Waals surface area contributed by atoms with Crippen LogP contribution in [0.25, 0.3) is 0 Å². The number of rotatable bonds is 3. The number of aryl methyl sites for hydroxylation is 1. The van der Waals surface area contributed by atoms with Crippen LogP contribution in [0.2, 0.25) is 0 Å². The molecule has 23 heavy (non-hydrogen) atoms. The number of benzene rings is 1. The van der Waals surface area contributed by atoms with Crippen molar-refractivity contribution in [3.05, 3.63) is 52.9 Å². The third-order valence-electron chi connectivity index (χ3n) is 4.02. The van der Waals surface area contributed by atoms with E-state index in [1.807, 2.05) is 0 Å². The van der Waals surface area contributed by atoms with Crippen LogP contribution in [0.5, 0.6) is 0 Å². The maximum absolute atomic E-state index is 13.5. The Morgan fingerprint density at radius 2 is 2.17 bits per heavy atom. The first-order valence-electron chi connectivity index (χ1n) is 7.44. The SMILES string of the molecule is Cc1cc(C(=O)NC2CNCCC2c2ccc(F)c(F)c2)on1. The van der Waals surface area contributed by atoms with Crippen LogP contribution < -0.4 is 10.6 Å². The van der Waals surface area contributed by atoms with Gasteiger partial charge in [-0.1, -0.05) is 11.2 Å². The van der Waals surface area contributed by atoms with Crippen LogP contribution in [-0.2, 0) is 0 Å². The zero-order chi connectivity index (χ0) is 16.4. The molecule has 2 heterocycles. The Hall–Kier alpha value is -2.28. The van der Waals surface area contributed by atoms with Gasteiger partial charge in [-0.15, -0.1) is 0 Å². The Bertz CT molecular complexity index is 717. The van der Waals surface area contributed by atoms with Gasteiger partial charge in [0.1, 0.15) is 0 Å². The second-order valence-electron chi connectivity index (χ2n) is 5.69. The summed E-state index contributed by atoms with van der Waals surface area (Å²) in [5.41, 5.74) is 1.29. The summed E-state index contributed by atoms with van der Waals surface area (Å²) < 4.78 is 31.6. The number of piperidine rings is 1. The zero-order valence-electron chi connectivity index (χ0n) is 12.6. The smallest absolute Gasteiger partial charge is 0.290 e. The van der Waals surface area contributed by atoms with Crippen LogP contribution in [0, 0.1) is 18.6 Å². The molecule has 1 aromatic carbocycles. The van der Waals surface area contributed by atoms with E-state index < -0.39 is 11.6 Å². The average molecular weight is 321 g/mol. The third-order valence-corrected chi connectivity index (χ3v) is 4.02. The van der Waals surface area contributed by atoms with Crippen molar-refractivity contribution in [1.82, 2.24) is 15.8 Å². The van der Waals surface area contributed by atoms with Gasteiger partial charge < -0.3 is 15.2 Å². The molecule has 1 aliphatic heterocycles. The van der Waals surface area contributed by atoms with Gasteiger partial charge in [0.15, 0.2) is 11.6 Å². The normalized spacial score (nSPS) is 21.2. The summed E-state index contributed by atoms with van der Waals surface area (Å²) in [5.74, 6) is -2.08. The summed E-state index contributed by atoms with van der Waals surface area (Å²) in [5, 5.41) is 9.76. The highest BCUT2D eigenvalue weighted by Gasteiger charge is 2.29. The molecule has 0 saturated carbocycles. The van der Waals surface area contributed by atoms with E-state index >= 15 is 0 Å². The van der Waals surface area contributed by atoms with Crippen molar-refractivity contribution < 1.29 is 18.1 Å². The van der Waals surface area contributed by atoms with Crippen LogP contribution in [-0.4, -0.2) is 30.2 Å². The Balaban J connectivity index is 1.78. The Morgan fingerprint density at radius 1 is 1.35 bits per heavy atom. The van der Waals surface area contributed by atoms with Gasteiger partial charge in [-0.25, -0.2) is 8.78 Å². The minimum atomic E-state index is -0.878. The van der Waals surface area contributed by atoms with E-state index in [-0.39, 0.29) is 23.6 Å². The van der Waals surface area contributed by atoms with E-state index in [9.17, 15) is 13.6 Å². The van der Waals surface area contributed by atoms with Gasteiger partial charge in [0, 0.05) is 24.6 Å². The fraction of sp³-hybridized carbons (Fsp3) is 0.375. The molecule has 0 radical (unpaired) electrons. The van der Waals surface area contributed by atoms with Crippen molar-refractivity contribution in [3.8, 4) is 0 Å². The maximum atomic E-state index is 13.5. The molecule has 2 N–H and O–H groups in total. The number of hydrogen-bond acceptors (Lipinski definition) is 4. The highest BCUT2D eigenvalue weighted by molar-refractivity contribution is 5.91. The van der Waals surface area contributed by atoms with Gasteiger partial charge in [-0.2, -0.15) is 0 Å². The van der Waals surface area contributed by atoms with Crippen molar-refractivity contribution in [3.63, 3.8) is 0 Å². The Morgan fingerprint density at radius 3 is 2.87 bits per heavy atom. The second kappa shape index (κ2) is 6.45. The third kappa shape index (κ3) is 3.39. The lowest BCUT2D eigenvalue weighted by Crippen LogP contribution is -2.50. The molecule has 0 spiro atoms. The van der Waals surface area contributed by atoms with Crippen molar-refractivity contribution >= 4 is 5.91 Å². The lowest BCUT2D eigenvalue weighted by molar-refractivity contribution is 0.0887. The maximum Gasteiger partial charge on any atom is 0.290 e. The molecule has 3 rings (SSSR count). The highest BCUT2D eigenvalue weighted by atomic mass is 19.2. The van der Waals surface area contributed by atoms with Crippen molar-refractivity contribution in [1.29, 1.82) is 0 Å². The van der Waals surface area contributed by atoms with E-state index in [4.69, 9.17) is 4.52 Å². The molecule has 7 heteroatoms. The Labute approximate surface area is 132 Å². The van der Waals surface area contributed by atoms with Gasteiger partial charge >= 0.3 is 0 Å². The average Bonchev–Trinajstić information content (AvgIpc) is 2.97. The van der Waals surface area contributed by atoms with Crippen molar-refractivity contribution in [2.75, 3.05) is 13.1 Å².